The molecule has 2 aromatic heterocycles. The fourth-order valence-electron chi connectivity index (χ4n) is 4.32. The molecular weight excluding hydrogens is 418 g/mol. The molecule has 1 aliphatic rings. The van der Waals surface area contributed by atoms with Crippen LogP contribution in [0.2, 0.25) is 0 Å². The van der Waals surface area contributed by atoms with Crippen molar-refractivity contribution < 1.29 is 13.2 Å². The van der Waals surface area contributed by atoms with Gasteiger partial charge >= 0.3 is 0 Å². The van der Waals surface area contributed by atoms with Crippen LogP contribution >= 0.6 is 11.3 Å². The van der Waals surface area contributed by atoms with Crippen molar-refractivity contribution in [2.45, 2.75) is 37.6 Å². The third kappa shape index (κ3) is 4.00. The van der Waals surface area contributed by atoms with Crippen molar-refractivity contribution in [1.82, 2.24) is 9.47 Å². The van der Waals surface area contributed by atoms with Crippen molar-refractivity contribution in [2.75, 3.05) is 13.1 Å². The van der Waals surface area contributed by atoms with E-state index in [1.807, 2.05) is 24.5 Å². The van der Waals surface area contributed by atoms with Gasteiger partial charge < -0.3 is 4.57 Å². The molecule has 0 radical (unpaired) electrons. The smallest absolute Gasteiger partial charge is 0.238 e. The van der Waals surface area contributed by atoms with Crippen LogP contribution in [-0.2, 0) is 10.0 Å². The summed E-state index contributed by atoms with van der Waals surface area (Å²) in [6, 6.07) is 12.8. The first kappa shape index (κ1) is 21.0. The van der Waals surface area contributed by atoms with E-state index in [0.29, 0.717) is 18.2 Å². The standard InChI is InChI=1S/C22H25N3O3S2/c1-15-13-19(16(2)25(15)17-7-9-18(10-8-17)30(23,27)28)21(26)14-24-11-3-5-20(24)22-6-4-12-29-22/h4,6-10,12-13,20H,3,5,11,14H2,1-2H3,(H2,23,27,28)/t20-/m1/s1. The molecular formula is C22H25N3O3S2. The van der Waals surface area contributed by atoms with Gasteiger partial charge in [-0.2, -0.15) is 0 Å². The number of rotatable bonds is 6. The molecule has 1 atom stereocenters. The molecule has 1 aromatic carbocycles. The number of Topliss-reactive ketones (excluding diaryl/α,β-unsaturated/α-hetero) is 1. The molecule has 0 spiro atoms. The largest absolute Gasteiger partial charge is 0.318 e. The summed E-state index contributed by atoms with van der Waals surface area (Å²) in [5, 5.41) is 7.28. The quantitative estimate of drug-likeness (QED) is 0.587. The minimum Gasteiger partial charge on any atom is -0.318 e. The maximum Gasteiger partial charge on any atom is 0.238 e. The lowest BCUT2D eigenvalue weighted by molar-refractivity contribution is 0.0922. The molecule has 0 aliphatic carbocycles. The van der Waals surface area contributed by atoms with E-state index in [9.17, 15) is 13.2 Å². The predicted octanol–water partition coefficient (Wildman–Crippen LogP) is 3.82. The highest BCUT2D eigenvalue weighted by Gasteiger charge is 2.29. The number of sulfonamides is 1. The molecule has 3 heterocycles. The summed E-state index contributed by atoms with van der Waals surface area (Å²) in [5.74, 6) is 0.110. The van der Waals surface area contributed by atoms with Crippen LogP contribution in [0.1, 0.15) is 45.5 Å². The SMILES string of the molecule is Cc1cc(C(=O)CN2CCC[C@@H]2c2cccs2)c(C)n1-c1ccc(S(N)(=O)=O)cc1. The minimum absolute atomic E-state index is 0.0682. The molecule has 3 aromatic rings. The number of aromatic nitrogens is 1. The van der Waals surface area contributed by atoms with Gasteiger partial charge in [-0.3, -0.25) is 9.69 Å². The van der Waals surface area contributed by atoms with Crippen molar-refractivity contribution >= 4 is 27.1 Å². The normalized spacial score (nSPS) is 17.5. The Morgan fingerprint density at radius 2 is 1.93 bits per heavy atom. The van der Waals surface area contributed by atoms with Crippen molar-refractivity contribution in [3.63, 3.8) is 0 Å². The summed E-state index contributed by atoms with van der Waals surface area (Å²) in [4.78, 5) is 16.8. The van der Waals surface area contributed by atoms with E-state index < -0.39 is 10.0 Å². The Bertz CT molecular complexity index is 1160. The van der Waals surface area contributed by atoms with Gasteiger partial charge in [-0.15, -0.1) is 11.3 Å². The van der Waals surface area contributed by atoms with Gasteiger partial charge in [-0.25, -0.2) is 13.6 Å². The molecule has 1 fully saturated rings. The number of benzene rings is 1. The van der Waals surface area contributed by atoms with Crippen LogP contribution < -0.4 is 5.14 Å². The average Bonchev–Trinajstić information content (AvgIpc) is 3.42. The lowest BCUT2D eigenvalue weighted by Gasteiger charge is -2.22. The maximum atomic E-state index is 13.2. The van der Waals surface area contributed by atoms with E-state index in [4.69, 9.17) is 5.14 Å². The van der Waals surface area contributed by atoms with E-state index in [1.165, 1.54) is 17.0 Å². The topological polar surface area (TPSA) is 85.4 Å². The van der Waals surface area contributed by atoms with Crippen molar-refractivity contribution in [1.29, 1.82) is 0 Å². The summed E-state index contributed by atoms with van der Waals surface area (Å²) >= 11 is 1.75. The number of nitrogens with two attached hydrogens (primary N) is 1. The van der Waals surface area contributed by atoms with Crippen LogP contribution in [0.5, 0.6) is 0 Å². The molecule has 6 nitrogen and oxygen atoms in total. The Morgan fingerprint density at radius 3 is 2.57 bits per heavy atom. The number of likely N-dealkylation sites (tertiary alicyclic amines) is 1. The van der Waals surface area contributed by atoms with Crippen LogP contribution in [0.4, 0.5) is 0 Å². The van der Waals surface area contributed by atoms with Gasteiger partial charge in [0.25, 0.3) is 0 Å². The van der Waals surface area contributed by atoms with Gasteiger partial charge in [0.2, 0.25) is 10.0 Å². The number of carbonyl (C=O) groups is 1. The number of hydrogen-bond acceptors (Lipinski definition) is 5. The molecule has 0 unspecified atom stereocenters. The molecule has 1 aliphatic heterocycles. The van der Waals surface area contributed by atoms with E-state index >= 15 is 0 Å². The first-order valence-electron chi connectivity index (χ1n) is 9.88. The Labute approximate surface area is 181 Å². The summed E-state index contributed by atoms with van der Waals surface area (Å²) in [6.07, 6.45) is 2.19. The van der Waals surface area contributed by atoms with Crippen LogP contribution in [0.3, 0.4) is 0 Å². The molecule has 0 bridgehead atoms. The molecule has 8 heteroatoms. The summed E-state index contributed by atoms with van der Waals surface area (Å²) in [5.41, 5.74) is 3.29. The summed E-state index contributed by atoms with van der Waals surface area (Å²) in [7, 11) is -3.74. The van der Waals surface area contributed by atoms with Crippen LogP contribution in [-0.4, -0.2) is 36.8 Å². The fraction of sp³-hybridized carbons (Fsp3) is 0.318. The molecule has 1 saturated heterocycles. The first-order valence-corrected chi connectivity index (χ1v) is 12.3. The lowest BCUT2D eigenvalue weighted by atomic mass is 10.1. The van der Waals surface area contributed by atoms with Gasteiger partial charge in [0.05, 0.1) is 11.4 Å². The van der Waals surface area contributed by atoms with E-state index in [0.717, 1.165) is 36.5 Å². The zero-order chi connectivity index (χ0) is 21.5. The zero-order valence-corrected chi connectivity index (χ0v) is 18.7. The maximum absolute atomic E-state index is 13.2. The molecule has 2 N–H and O–H groups in total. The number of hydrogen-bond donors (Lipinski definition) is 1. The average molecular weight is 444 g/mol. The molecule has 0 saturated carbocycles. The fourth-order valence-corrected chi connectivity index (χ4v) is 5.73. The highest BCUT2D eigenvalue weighted by molar-refractivity contribution is 7.89. The monoisotopic (exact) mass is 443 g/mol. The zero-order valence-electron chi connectivity index (χ0n) is 17.0. The second-order valence-corrected chi connectivity index (χ2v) is 10.3. The number of aryl methyl sites for hydroxylation is 1. The van der Waals surface area contributed by atoms with E-state index in [-0.39, 0.29) is 10.7 Å². The Kier molecular flexibility index (Phi) is 5.67. The Balaban J connectivity index is 1.58. The van der Waals surface area contributed by atoms with Gasteiger partial charge in [0.15, 0.2) is 5.78 Å². The lowest BCUT2D eigenvalue weighted by Crippen LogP contribution is -2.29. The van der Waals surface area contributed by atoms with Gasteiger partial charge in [0, 0.05) is 33.6 Å². The van der Waals surface area contributed by atoms with Crippen molar-refractivity contribution in [2.24, 2.45) is 5.14 Å². The van der Waals surface area contributed by atoms with E-state index in [1.54, 1.807) is 23.5 Å². The van der Waals surface area contributed by atoms with Crippen LogP contribution in [0.25, 0.3) is 5.69 Å². The molecule has 4 rings (SSSR count). The van der Waals surface area contributed by atoms with E-state index in [2.05, 4.69) is 22.4 Å². The molecule has 0 amide bonds. The third-order valence-electron chi connectivity index (χ3n) is 5.74. The highest BCUT2D eigenvalue weighted by atomic mass is 32.2. The number of thiophene rings is 1. The van der Waals surface area contributed by atoms with Crippen LogP contribution in [0, 0.1) is 13.8 Å². The molecule has 30 heavy (non-hydrogen) atoms. The minimum atomic E-state index is -3.74. The van der Waals surface area contributed by atoms with Gasteiger partial charge in [0.1, 0.15) is 0 Å². The number of ketones is 1. The number of carbonyl (C=O) groups excluding carboxylic acids is 1. The third-order valence-corrected chi connectivity index (χ3v) is 7.64. The predicted molar refractivity (Wildman–Crippen MR) is 119 cm³/mol. The van der Waals surface area contributed by atoms with Crippen molar-refractivity contribution in [3.05, 3.63) is 69.7 Å². The van der Waals surface area contributed by atoms with Crippen molar-refractivity contribution in [3.8, 4) is 5.69 Å². The highest BCUT2D eigenvalue weighted by Crippen LogP contribution is 2.34. The Morgan fingerprint density at radius 1 is 1.20 bits per heavy atom. The second kappa shape index (κ2) is 8.11. The van der Waals surface area contributed by atoms with Gasteiger partial charge in [-0.05, 0) is 75.0 Å². The second-order valence-electron chi connectivity index (χ2n) is 7.73. The number of nitrogens with zero attached hydrogens (tertiary/aromatic N) is 2. The summed E-state index contributed by atoms with van der Waals surface area (Å²) in [6.45, 7) is 5.20. The summed E-state index contributed by atoms with van der Waals surface area (Å²) < 4.78 is 25.0. The van der Waals surface area contributed by atoms with Crippen LogP contribution in [0.15, 0.2) is 52.7 Å². The molecule has 158 valence electrons. The Hall–Kier alpha value is -2.26. The number of primary sulfonamides is 1. The first-order chi connectivity index (χ1) is 14.3. The van der Waals surface area contributed by atoms with Gasteiger partial charge in [-0.1, -0.05) is 6.07 Å².